The van der Waals surface area contributed by atoms with Crippen molar-refractivity contribution in [3.63, 3.8) is 0 Å². The molecule has 1 aliphatic carbocycles. The van der Waals surface area contributed by atoms with Crippen molar-refractivity contribution in [2.24, 2.45) is 5.92 Å². The maximum absolute atomic E-state index is 14.4. The van der Waals surface area contributed by atoms with Crippen LogP contribution in [0.25, 0.3) is 0 Å². The van der Waals surface area contributed by atoms with E-state index in [1.165, 1.54) is 12.1 Å². The van der Waals surface area contributed by atoms with Gasteiger partial charge in [0.05, 0.1) is 11.3 Å². The molecule has 10 heteroatoms. The summed E-state index contributed by atoms with van der Waals surface area (Å²) < 4.78 is 79.2. The first-order valence-corrected chi connectivity index (χ1v) is 8.75. The lowest BCUT2D eigenvalue weighted by Crippen LogP contribution is -2.21. The molecule has 0 aromatic heterocycles. The van der Waals surface area contributed by atoms with E-state index >= 15 is 0 Å². The van der Waals surface area contributed by atoms with Crippen LogP contribution < -0.4 is 10.6 Å². The van der Waals surface area contributed by atoms with Crippen molar-refractivity contribution in [3.8, 4) is 0 Å². The second kappa shape index (κ2) is 8.21. The van der Waals surface area contributed by atoms with Gasteiger partial charge in [0.1, 0.15) is 11.5 Å². The minimum absolute atomic E-state index is 0.0632. The van der Waals surface area contributed by atoms with E-state index in [1.54, 1.807) is 0 Å². The summed E-state index contributed by atoms with van der Waals surface area (Å²) >= 11 is 0. The highest BCUT2D eigenvalue weighted by Gasteiger charge is 2.35. The molecule has 1 fully saturated rings. The van der Waals surface area contributed by atoms with Gasteiger partial charge in [-0.2, -0.15) is 13.2 Å². The summed E-state index contributed by atoms with van der Waals surface area (Å²) in [4.78, 5) is 12.1. The second-order valence-corrected chi connectivity index (χ2v) is 6.66. The van der Waals surface area contributed by atoms with Crippen molar-refractivity contribution < 1.29 is 31.1 Å². The first kappa shape index (κ1) is 21.4. The quantitative estimate of drug-likeness (QED) is 0.412. The number of carbonyl (C=O) groups is 1. The van der Waals surface area contributed by atoms with Gasteiger partial charge in [-0.1, -0.05) is 6.07 Å². The van der Waals surface area contributed by atoms with E-state index < -0.39 is 40.8 Å². The van der Waals surface area contributed by atoms with Crippen LogP contribution in [0.4, 0.5) is 37.7 Å². The Balaban J connectivity index is 1.76. The third-order valence-electron chi connectivity index (χ3n) is 4.32. The van der Waals surface area contributed by atoms with Gasteiger partial charge < -0.3 is 10.6 Å². The van der Waals surface area contributed by atoms with Gasteiger partial charge in [-0.15, -0.1) is 0 Å². The number of benzene rings is 2. The molecular weight excluding hydrogens is 412 g/mol. The van der Waals surface area contributed by atoms with E-state index in [0.29, 0.717) is 18.9 Å². The molecule has 3 N–H and O–H groups in total. The molecule has 1 saturated carbocycles. The molecule has 1 amide bonds. The van der Waals surface area contributed by atoms with Crippen LogP contribution in [-0.2, 0) is 0 Å². The van der Waals surface area contributed by atoms with E-state index in [1.807, 2.05) is 0 Å². The van der Waals surface area contributed by atoms with Crippen LogP contribution in [0.15, 0.2) is 48.2 Å². The van der Waals surface area contributed by atoms with Crippen LogP contribution in [0, 0.1) is 28.8 Å². The molecule has 0 spiro atoms. The van der Waals surface area contributed by atoms with Crippen molar-refractivity contribution in [2.45, 2.75) is 19.0 Å². The van der Waals surface area contributed by atoms with E-state index in [4.69, 9.17) is 5.41 Å². The van der Waals surface area contributed by atoms with Crippen LogP contribution in [-0.4, -0.2) is 17.8 Å². The molecule has 0 unspecified atom stereocenters. The number of amides is 1. The van der Waals surface area contributed by atoms with Gasteiger partial charge in [-0.05, 0) is 55.2 Å². The third-order valence-corrected chi connectivity index (χ3v) is 4.32. The summed E-state index contributed by atoms with van der Waals surface area (Å²) in [6.45, 7) is 0. The van der Waals surface area contributed by atoms with E-state index in [-0.39, 0.29) is 23.0 Å². The fraction of sp³-hybridized carbons (Fsp3) is 0.200. The van der Waals surface area contributed by atoms with Gasteiger partial charge in [-0.3, -0.25) is 10.2 Å². The largest absolute Gasteiger partial charge is 0.432 e. The Morgan fingerprint density at radius 1 is 1.03 bits per heavy atom. The second-order valence-electron chi connectivity index (χ2n) is 6.66. The van der Waals surface area contributed by atoms with Crippen molar-refractivity contribution in [2.75, 3.05) is 10.6 Å². The van der Waals surface area contributed by atoms with Crippen LogP contribution >= 0.6 is 0 Å². The molecule has 0 saturated heterocycles. The topological polar surface area (TPSA) is 65.0 Å². The lowest BCUT2D eigenvalue weighted by molar-refractivity contribution is -0.0584. The van der Waals surface area contributed by atoms with Crippen LogP contribution in [0.2, 0.25) is 0 Å². The highest BCUT2D eigenvalue weighted by molar-refractivity contribution is 6.04. The first-order valence-electron chi connectivity index (χ1n) is 8.75. The zero-order chi connectivity index (χ0) is 22.1. The van der Waals surface area contributed by atoms with Gasteiger partial charge in [0.2, 0.25) is 0 Å². The predicted molar refractivity (Wildman–Crippen MR) is 98.9 cm³/mol. The van der Waals surface area contributed by atoms with E-state index in [9.17, 15) is 31.1 Å². The van der Waals surface area contributed by atoms with E-state index in [2.05, 4.69) is 10.6 Å². The molecule has 4 nitrogen and oxygen atoms in total. The summed E-state index contributed by atoms with van der Waals surface area (Å²) in [5.41, 5.74) is -2.28. The monoisotopic (exact) mass is 427 g/mol. The number of alkyl halides is 3. The van der Waals surface area contributed by atoms with Crippen LogP contribution in [0.5, 0.6) is 0 Å². The molecule has 2 aromatic rings. The highest BCUT2D eigenvalue weighted by Crippen LogP contribution is 2.38. The van der Waals surface area contributed by atoms with Crippen LogP contribution in [0.3, 0.4) is 0 Å². The third kappa shape index (κ3) is 5.00. The zero-order valence-electron chi connectivity index (χ0n) is 15.2. The standard InChI is InChI=1S/C20H15F6N3O/c21-13-3-1-2-12(18(13)23)19(30)28-11-6-7-15(14(22)8-11)29-16(10-4-5-10)9-17(27)20(24,25)26/h1-3,6-10,27,29H,4-5H2,(H,28,30)/b16-9-,27-17?. The minimum Gasteiger partial charge on any atom is -0.356 e. The number of rotatable bonds is 6. The summed E-state index contributed by atoms with van der Waals surface area (Å²) in [6, 6.07) is 6.36. The molecule has 0 aliphatic heterocycles. The molecule has 0 heterocycles. The highest BCUT2D eigenvalue weighted by atomic mass is 19.4. The van der Waals surface area contributed by atoms with Gasteiger partial charge in [0.25, 0.3) is 5.91 Å². The number of hydrogen-bond acceptors (Lipinski definition) is 3. The maximum atomic E-state index is 14.4. The summed E-state index contributed by atoms with van der Waals surface area (Å²) in [5.74, 6) is -4.68. The number of anilines is 2. The fourth-order valence-corrected chi connectivity index (χ4v) is 2.61. The van der Waals surface area contributed by atoms with Gasteiger partial charge in [-0.25, -0.2) is 13.2 Å². The van der Waals surface area contributed by atoms with Gasteiger partial charge >= 0.3 is 6.18 Å². The lowest BCUT2D eigenvalue weighted by Gasteiger charge is -2.14. The molecule has 30 heavy (non-hydrogen) atoms. The average molecular weight is 427 g/mol. The molecule has 0 atom stereocenters. The Bertz CT molecular complexity index is 1030. The molecule has 0 radical (unpaired) electrons. The molecular formula is C20H15F6N3O. The van der Waals surface area contributed by atoms with Crippen LogP contribution in [0.1, 0.15) is 23.2 Å². The smallest absolute Gasteiger partial charge is 0.356 e. The van der Waals surface area contributed by atoms with Crippen molar-refractivity contribution in [1.82, 2.24) is 0 Å². The predicted octanol–water partition coefficient (Wildman–Crippen LogP) is 5.64. The summed E-state index contributed by atoms with van der Waals surface area (Å²) in [5, 5.41) is 11.9. The number of halogens is 6. The molecule has 1 aliphatic rings. The Morgan fingerprint density at radius 3 is 2.33 bits per heavy atom. The number of carbonyl (C=O) groups excluding carboxylic acids is 1. The lowest BCUT2D eigenvalue weighted by atomic mass is 10.1. The maximum Gasteiger partial charge on any atom is 0.432 e. The molecule has 2 aromatic carbocycles. The van der Waals surface area contributed by atoms with Gasteiger partial charge in [0.15, 0.2) is 11.6 Å². The zero-order valence-corrected chi connectivity index (χ0v) is 15.2. The minimum atomic E-state index is -4.82. The summed E-state index contributed by atoms with van der Waals surface area (Å²) in [7, 11) is 0. The number of nitrogens with one attached hydrogen (secondary N) is 3. The Labute approximate surface area is 167 Å². The Hall–Kier alpha value is -3.30. The van der Waals surface area contributed by atoms with Crippen molar-refractivity contribution in [1.29, 1.82) is 5.41 Å². The van der Waals surface area contributed by atoms with Crippen molar-refractivity contribution >= 4 is 23.0 Å². The average Bonchev–Trinajstić information content (AvgIpc) is 3.49. The molecule has 158 valence electrons. The normalized spacial score (nSPS) is 14.4. The van der Waals surface area contributed by atoms with Gasteiger partial charge in [0, 0.05) is 11.4 Å². The SMILES string of the molecule is N=C(/C=C(\Nc1ccc(NC(=O)c2cccc(F)c2F)cc1F)C1CC1)C(F)(F)F. The Morgan fingerprint density at radius 2 is 1.73 bits per heavy atom. The Kier molecular flexibility index (Phi) is 5.86. The fourth-order valence-electron chi connectivity index (χ4n) is 2.61. The number of allylic oxidation sites excluding steroid dienone is 2. The number of hydrogen-bond donors (Lipinski definition) is 3. The summed E-state index contributed by atoms with van der Waals surface area (Å²) in [6.07, 6.45) is -2.97. The first-order chi connectivity index (χ1) is 14.1. The molecule has 0 bridgehead atoms. The molecule has 3 rings (SSSR count). The van der Waals surface area contributed by atoms with Crippen molar-refractivity contribution in [3.05, 3.63) is 71.2 Å². The van der Waals surface area contributed by atoms with E-state index in [0.717, 1.165) is 24.3 Å².